The SMILES string of the molecule is CN1CCN(c2onc(-c3ccc(F)cc3)c2CN(Cc2ccccc2)C(=O)c2ccc(Cl)cc2)CC1. The molecule has 1 aromatic heterocycles. The van der Waals surface area contributed by atoms with Gasteiger partial charge in [-0.25, -0.2) is 4.39 Å². The lowest BCUT2D eigenvalue weighted by molar-refractivity contribution is 0.0730. The first kappa shape index (κ1) is 25.0. The minimum absolute atomic E-state index is 0.129. The minimum Gasteiger partial charge on any atom is -0.338 e. The van der Waals surface area contributed by atoms with Crippen molar-refractivity contribution in [1.82, 2.24) is 15.0 Å². The fourth-order valence-corrected chi connectivity index (χ4v) is 4.63. The molecule has 0 saturated carbocycles. The van der Waals surface area contributed by atoms with Crippen molar-refractivity contribution in [3.8, 4) is 11.3 Å². The van der Waals surface area contributed by atoms with Gasteiger partial charge in [-0.3, -0.25) is 4.79 Å². The third-order valence-corrected chi connectivity index (χ3v) is 6.87. The molecule has 1 aliphatic heterocycles. The number of aromatic nitrogens is 1. The van der Waals surface area contributed by atoms with E-state index in [1.165, 1.54) is 12.1 Å². The molecule has 4 aromatic rings. The van der Waals surface area contributed by atoms with Gasteiger partial charge in [-0.2, -0.15) is 0 Å². The largest absolute Gasteiger partial charge is 0.338 e. The van der Waals surface area contributed by atoms with Crippen LogP contribution in [0.1, 0.15) is 21.5 Å². The molecule has 8 heteroatoms. The van der Waals surface area contributed by atoms with Crippen LogP contribution >= 0.6 is 11.6 Å². The van der Waals surface area contributed by atoms with Gasteiger partial charge in [0.25, 0.3) is 5.91 Å². The lowest BCUT2D eigenvalue weighted by Crippen LogP contribution is -2.44. The number of hydrogen-bond donors (Lipinski definition) is 0. The summed E-state index contributed by atoms with van der Waals surface area (Å²) < 4.78 is 19.6. The van der Waals surface area contributed by atoms with Crippen molar-refractivity contribution in [2.75, 3.05) is 38.1 Å². The van der Waals surface area contributed by atoms with E-state index >= 15 is 0 Å². The van der Waals surface area contributed by atoms with Gasteiger partial charge in [0.05, 0.1) is 12.1 Å². The van der Waals surface area contributed by atoms with Crippen molar-refractivity contribution in [3.05, 3.63) is 106 Å². The quantitative estimate of drug-likeness (QED) is 0.313. The molecule has 0 spiro atoms. The number of halogens is 2. The highest BCUT2D eigenvalue weighted by Crippen LogP contribution is 2.34. The van der Waals surface area contributed by atoms with Gasteiger partial charge in [0.2, 0.25) is 5.88 Å². The number of anilines is 1. The van der Waals surface area contributed by atoms with E-state index < -0.39 is 0 Å². The first-order valence-electron chi connectivity index (χ1n) is 12.2. The maximum atomic E-state index is 13.8. The van der Waals surface area contributed by atoms with E-state index in [9.17, 15) is 9.18 Å². The van der Waals surface area contributed by atoms with Crippen LogP contribution in [0.15, 0.2) is 83.4 Å². The molecule has 1 aliphatic rings. The second kappa shape index (κ2) is 11.2. The van der Waals surface area contributed by atoms with Gasteiger partial charge in [-0.05, 0) is 61.1 Å². The van der Waals surface area contributed by atoms with Crippen molar-refractivity contribution in [3.63, 3.8) is 0 Å². The van der Waals surface area contributed by atoms with E-state index in [2.05, 4.69) is 22.0 Å². The second-order valence-corrected chi connectivity index (χ2v) is 9.70. The highest BCUT2D eigenvalue weighted by molar-refractivity contribution is 6.30. The van der Waals surface area contributed by atoms with Gasteiger partial charge >= 0.3 is 0 Å². The molecule has 0 bridgehead atoms. The van der Waals surface area contributed by atoms with E-state index in [1.807, 2.05) is 30.3 Å². The van der Waals surface area contributed by atoms with Crippen LogP contribution in [-0.2, 0) is 13.1 Å². The Balaban J connectivity index is 1.55. The maximum absolute atomic E-state index is 13.8. The Morgan fingerprint density at radius 3 is 2.30 bits per heavy atom. The molecule has 6 nitrogen and oxygen atoms in total. The van der Waals surface area contributed by atoms with Crippen LogP contribution in [0, 0.1) is 5.82 Å². The third kappa shape index (κ3) is 5.84. The molecule has 3 aromatic carbocycles. The average Bonchev–Trinajstić information content (AvgIpc) is 3.33. The van der Waals surface area contributed by atoms with Crippen LogP contribution in [0.25, 0.3) is 11.3 Å². The van der Waals surface area contributed by atoms with Crippen LogP contribution < -0.4 is 4.90 Å². The number of nitrogens with zero attached hydrogens (tertiary/aromatic N) is 4. The monoisotopic (exact) mass is 518 g/mol. The molecule has 0 N–H and O–H groups in total. The molecule has 1 fully saturated rings. The van der Waals surface area contributed by atoms with Crippen molar-refractivity contribution >= 4 is 23.4 Å². The molecule has 190 valence electrons. The number of benzene rings is 3. The normalized spacial score (nSPS) is 14.1. The molecule has 37 heavy (non-hydrogen) atoms. The average molecular weight is 519 g/mol. The fraction of sp³-hybridized carbons (Fsp3) is 0.241. The number of carbonyl (C=O) groups excluding carboxylic acids is 1. The molecule has 0 radical (unpaired) electrons. The van der Waals surface area contributed by atoms with Crippen molar-refractivity contribution in [1.29, 1.82) is 0 Å². The number of amides is 1. The Hall–Kier alpha value is -3.68. The molecule has 1 saturated heterocycles. The first-order chi connectivity index (χ1) is 18.0. The lowest BCUT2D eigenvalue weighted by atomic mass is 10.1. The molecule has 1 amide bonds. The van der Waals surface area contributed by atoms with E-state index in [0.717, 1.165) is 42.9 Å². The van der Waals surface area contributed by atoms with E-state index in [0.29, 0.717) is 28.7 Å². The lowest BCUT2D eigenvalue weighted by Gasteiger charge is -2.33. The predicted octanol–water partition coefficient (Wildman–Crippen LogP) is 5.73. The molecule has 0 aliphatic carbocycles. The molecule has 0 atom stereocenters. The van der Waals surface area contributed by atoms with Crippen LogP contribution in [0.3, 0.4) is 0 Å². The van der Waals surface area contributed by atoms with Gasteiger partial charge in [0, 0.05) is 48.9 Å². The summed E-state index contributed by atoms with van der Waals surface area (Å²) >= 11 is 6.08. The maximum Gasteiger partial charge on any atom is 0.254 e. The van der Waals surface area contributed by atoms with Gasteiger partial charge in [-0.15, -0.1) is 0 Å². The highest BCUT2D eigenvalue weighted by atomic mass is 35.5. The Morgan fingerprint density at radius 1 is 0.946 bits per heavy atom. The standard InChI is InChI=1S/C29H28ClFN4O2/c1-33-15-17-34(18-16-33)29-26(27(32-37-29)22-9-13-25(31)14-10-22)20-35(19-21-5-3-2-4-6-21)28(36)23-7-11-24(30)12-8-23/h2-14H,15-20H2,1H3. The van der Waals surface area contributed by atoms with E-state index in [1.54, 1.807) is 41.3 Å². The van der Waals surface area contributed by atoms with Gasteiger partial charge in [0.1, 0.15) is 11.5 Å². The molecule has 2 heterocycles. The number of rotatable bonds is 7. The van der Waals surface area contributed by atoms with Crippen molar-refractivity contribution in [2.45, 2.75) is 13.1 Å². The zero-order valence-corrected chi connectivity index (χ0v) is 21.4. The van der Waals surface area contributed by atoms with Gasteiger partial charge in [0.15, 0.2) is 0 Å². The third-order valence-electron chi connectivity index (χ3n) is 6.62. The first-order valence-corrected chi connectivity index (χ1v) is 12.6. The Bertz CT molecular complexity index is 1330. The van der Waals surface area contributed by atoms with Crippen LogP contribution in [0.4, 0.5) is 10.3 Å². The molecule has 0 unspecified atom stereocenters. The van der Waals surface area contributed by atoms with Crippen molar-refractivity contribution in [2.24, 2.45) is 0 Å². The summed E-state index contributed by atoms with van der Waals surface area (Å²) in [4.78, 5) is 20.0. The topological polar surface area (TPSA) is 52.8 Å². The summed E-state index contributed by atoms with van der Waals surface area (Å²) in [5.41, 5.74) is 3.69. The number of likely N-dealkylation sites (N-methyl/N-ethyl adjacent to an activating group) is 1. The molecular weight excluding hydrogens is 491 g/mol. The number of hydrogen-bond acceptors (Lipinski definition) is 5. The van der Waals surface area contributed by atoms with Gasteiger partial charge in [-0.1, -0.05) is 47.1 Å². The molecular formula is C29H28ClFN4O2. The van der Waals surface area contributed by atoms with Crippen LogP contribution in [0.5, 0.6) is 0 Å². The Morgan fingerprint density at radius 2 is 1.62 bits per heavy atom. The minimum atomic E-state index is -0.322. The zero-order chi connectivity index (χ0) is 25.8. The second-order valence-electron chi connectivity index (χ2n) is 9.27. The van der Waals surface area contributed by atoms with E-state index in [4.69, 9.17) is 16.1 Å². The summed E-state index contributed by atoms with van der Waals surface area (Å²) in [6, 6.07) is 23.0. The summed E-state index contributed by atoms with van der Waals surface area (Å²) in [6.45, 7) is 4.02. The molecule has 5 rings (SSSR count). The van der Waals surface area contributed by atoms with Crippen LogP contribution in [0.2, 0.25) is 5.02 Å². The Labute approximate surface area is 220 Å². The van der Waals surface area contributed by atoms with Crippen LogP contribution in [-0.4, -0.2) is 54.1 Å². The number of carbonyl (C=O) groups is 1. The van der Waals surface area contributed by atoms with E-state index in [-0.39, 0.29) is 18.3 Å². The summed E-state index contributed by atoms with van der Waals surface area (Å²) in [7, 11) is 2.09. The summed E-state index contributed by atoms with van der Waals surface area (Å²) in [5.74, 6) is 0.196. The van der Waals surface area contributed by atoms with Gasteiger partial charge < -0.3 is 19.2 Å². The summed E-state index contributed by atoms with van der Waals surface area (Å²) in [6.07, 6.45) is 0. The zero-order valence-electron chi connectivity index (χ0n) is 20.6. The Kier molecular flexibility index (Phi) is 7.53. The highest BCUT2D eigenvalue weighted by Gasteiger charge is 2.28. The predicted molar refractivity (Wildman–Crippen MR) is 143 cm³/mol. The van der Waals surface area contributed by atoms with Crippen molar-refractivity contribution < 1.29 is 13.7 Å². The fourth-order valence-electron chi connectivity index (χ4n) is 4.50. The summed E-state index contributed by atoms with van der Waals surface area (Å²) in [5, 5.41) is 4.98. The smallest absolute Gasteiger partial charge is 0.254 e. The number of piperazine rings is 1.